The minimum Gasteiger partial charge on any atom is -0.387 e. The van der Waals surface area contributed by atoms with Crippen LogP contribution in [0, 0.1) is 5.82 Å². The van der Waals surface area contributed by atoms with E-state index in [0.717, 1.165) is 0 Å². The summed E-state index contributed by atoms with van der Waals surface area (Å²) >= 11 is 0. The Morgan fingerprint density at radius 1 is 1.40 bits per heavy atom. The maximum atomic E-state index is 12.8. The quantitative estimate of drug-likeness (QED) is 0.886. The van der Waals surface area contributed by atoms with E-state index in [1.54, 1.807) is 12.1 Å². The second-order valence-electron chi connectivity index (χ2n) is 3.63. The number of halogens is 2. The average molecular weight is 278 g/mol. The molecule has 0 aromatic heterocycles. The first-order valence-electron chi connectivity index (χ1n) is 4.76. The Morgan fingerprint density at radius 3 is 2.60 bits per heavy atom. The van der Waals surface area contributed by atoms with Crippen molar-refractivity contribution in [3.63, 3.8) is 0 Å². The van der Waals surface area contributed by atoms with Crippen molar-refractivity contribution in [3.05, 3.63) is 35.6 Å². The van der Waals surface area contributed by atoms with E-state index in [1.807, 2.05) is 13.8 Å². The summed E-state index contributed by atoms with van der Waals surface area (Å²) in [6, 6.07) is 6.36. The Hall–Kier alpha value is -0.450. The molecule has 0 saturated carbocycles. The van der Waals surface area contributed by atoms with Crippen LogP contribution in [0.15, 0.2) is 24.3 Å². The van der Waals surface area contributed by atoms with Crippen LogP contribution in [0.5, 0.6) is 0 Å². The fourth-order valence-electron chi connectivity index (χ4n) is 1.18. The Morgan fingerprint density at radius 2 is 2.07 bits per heavy atom. The van der Waals surface area contributed by atoms with Gasteiger partial charge in [-0.3, -0.25) is 0 Å². The van der Waals surface area contributed by atoms with Crippen LogP contribution in [-0.2, 0) is 0 Å². The fraction of sp³-hybridized carbons (Fsp3) is 0.455. The van der Waals surface area contributed by atoms with Gasteiger partial charge in [-0.05, 0) is 17.7 Å². The van der Waals surface area contributed by atoms with Crippen molar-refractivity contribution < 1.29 is 9.50 Å². The second kappa shape index (κ2) is 6.93. The molecule has 0 spiro atoms. The van der Waals surface area contributed by atoms with E-state index in [2.05, 4.69) is 5.32 Å². The van der Waals surface area contributed by atoms with Crippen LogP contribution in [0.1, 0.15) is 25.5 Å². The van der Waals surface area contributed by atoms with Crippen LogP contribution in [0.4, 0.5) is 4.39 Å². The van der Waals surface area contributed by atoms with Crippen LogP contribution < -0.4 is 5.32 Å². The third-order valence-corrected chi connectivity index (χ3v) is 1.95. The molecule has 4 heteroatoms. The number of hydrogen-bond donors (Lipinski definition) is 2. The van der Waals surface area contributed by atoms with E-state index >= 15 is 0 Å². The number of rotatable bonds is 4. The molecule has 2 nitrogen and oxygen atoms in total. The molecule has 1 unspecified atom stereocenters. The molecular formula is C11H17BrFNO. The first-order valence-corrected chi connectivity index (χ1v) is 4.76. The van der Waals surface area contributed by atoms with E-state index in [4.69, 9.17) is 0 Å². The number of aliphatic hydroxyl groups is 1. The van der Waals surface area contributed by atoms with E-state index in [0.29, 0.717) is 18.2 Å². The van der Waals surface area contributed by atoms with Gasteiger partial charge in [0.05, 0.1) is 6.10 Å². The van der Waals surface area contributed by atoms with Gasteiger partial charge < -0.3 is 10.4 Å². The number of aliphatic hydroxyl groups excluding tert-OH is 1. The molecule has 0 aliphatic rings. The maximum absolute atomic E-state index is 12.8. The second-order valence-corrected chi connectivity index (χ2v) is 3.63. The molecule has 2 N–H and O–H groups in total. The molecule has 0 amide bonds. The molecule has 0 radical (unpaired) electrons. The lowest BCUT2D eigenvalue weighted by atomic mass is 10.1. The summed E-state index contributed by atoms with van der Waals surface area (Å²) in [7, 11) is 0. The standard InChI is InChI=1S/C11H16FNO.BrH/c1-8(2)13-7-11(14)9-4-3-5-10(12)6-9;/h3-6,8,11,13-14H,7H2,1-2H3;1H. The van der Waals surface area contributed by atoms with Crippen LogP contribution in [0.25, 0.3) is 0 Å². The lowest BCUT2D eigenvalue weighted by Crippen LogP contribution is -2.27. The van der Waals surface area contributed by atoms with Gasteiger partial charge in [0.25, 0.3) is 0 Å². The molecule has 0 fully saturated rings. The fourth-order valence-corrected chi connectivity index (χ4v) is 1.18. The molecule has 0 saturated heterocycles. The Bertz CT molecular complexity index is 294. The van der Waals surface area contributed by atoms with Gasteiger partial charge in [0, 0.05) is 12.6 Å². The largest absolute Gasteiger partial charge is 0.387 e. The van der Waals surface area contributed by atoms with Gasteiger partial charge in [0.15, 0.2) is 0 Å². The zero-order chi connectivity index (χ0) is 10.6. The summed E-state index contributed by atoms with van der Waals surface area (Å²) in [6.45, 7) is 4.44. The number of hydrogen-bond acceptors (Lipinski definition) is 2. The molecule has 1 aromatic carbocycles. The van der Waals surface area contributed by atoms with Gasteiger partial charge in [-0.15, -0.1) is 17.0 Å². The van der Waals surface area contributed by atoms with Gasteiger partial charge in [0.2, 0.25) is 0 Å². The van der Waals surface area contributed by atoms with E-state index in [1.165, 1.54) is 12.1 Å². The smallest absolute Gasteiger partial charge is 0.123 e. The predicted molar refractivity (Wildman–Crippen MR) is 64.8 cm³/mol. The van der Waals surface area contributed by atoms with E-state index in [-0.39, 0.29) is 22.8 Å². The topological polar surface area (TPSA) is 32.3 Å². The van der Waals surface area contributed by atoms with Gasteiger partial charge in [-0.25, -0.2) is 4.39 Å². The van der Waals surface area contributed by atoms with Crippen molar-refractivity contribution in [1.82, 2.24) is 5.32 Å². The van der Waals surface area contributed by atoms with Crippen LogP contribution in [-0.4, -0.2) is 17.7 Å². The Balaban J connectivity index is 0.00000196. The first kappa shape index (κ1) is 14.6. The highest BCUT2D eigenvalue weighted by molar-refractivity contribution is 8.93. The Kier molecular flexibility index (Phi) is 6.72. The van der Waals surface area contributed by atoms with Crippen molar-refractivity contribution in [2.45, 2.75) is 26.0 Å². The SMILES string of the molecule is Br.CC(C)NCC(O)c1cccc(F)c1. The van der Waals surface area contributed by atoms with Crippen molar-refractivity contribution >= 4 is 17.0 Å². The van der Waals surface area contributed by atoms with Crippen LogP contribution >= 0.6 is 17.0 Å². The first-order chi connectivity index (χ1) is 6.59. The molecule has 1 atom stereocenters. The normalized spacial score (nSPS) is 12.3. The molecule has 15 heavy (non-hydrogen) atoms. The molecule has 1 rings (SSSR count). The summed E-state index contributed by atoms with van der Waals surface area (Å²) in [5, 5.41) is 12.8. The lowest BCUT2D eigenvalue weighted by Gasteiger charge is -2.14. The van der Waals surface area contributed by atoms with Crippen molar-refractivity contribution in [2.24, 2.45) is 0 Å². The third-order valence-electron chi connectivity index (χ3n) is 1.95. The molecule has 86 valence electrons. The van der Waals surface area contributed by atoms with Gasteiger partial charge in [-0.1, -0.05) is 26.0 Å². The third kappa shape index (κ3) is 5.25. The zero-order valence-electron chi connectivity index (χ0n) is 8.90. The zero-order valence-corrected chi connectivity index (χ0v) is 10.6. The molecule has 1 aromatic rings. The minimum atomic E-state index is -0.645. The highest BCUT2D eigenvalue weighted by Gasteiger charge is 2.07. The summed E-state index contributed by atoms with van der Waals surface area (Å²) in [5.74, 6) is -0.314. The molecular weight excluding hydrogens is 261 g/mol. The predicted octanol–water partition coefficient (Wildman–Crippen LogP) is 2.44. The number of nitrogens with one attached hydrogen (secondary N) is 1. The van der Waals surface area contributed by atoms with Gasteiger partial charge in [-0.2, -0.15) is 0 Å². The number of benzene rings is 1. The summed E-state index contributed by atoms with van der Waals surface area (Å²) in [4.78, 5) is 0. The van der Waals surface area contributed by atoms with Gasteiger partial charge >= 0.3 is 0 Å². The van der Waals surface area contributed by atoms with Crippen LogP contribution in [0.2, 0.25) is 0 Å². The summed E-state index contributed by atoms with van der Waals surface area (Å²) < 4.78 is 12.8. The monoisotopic (exact) mass is 277 g/mol. The lowest BCUT2D eigenvalue weighted by molar-refractivity contribution is 0.171. The van der Waals surface area contributed by atoms with Gasteiger partial charge in [0.1, 0.15) is 5.82 Å². The summed E-state index contributed by atoms with van der Waals surface area (Å²) in [6.07, 6.45) is -0.645. The minimum absolute atomic E-state index is 0. The summed E-state index contributed by atoms with van der Waals surface area (Å²) in [5.41, 5.74) is 0.609. The van der Waals surface area contributed by atoms with Crippen LogP contribution in [0.3, 0.4) is 0 Å². The molecule has 0 aliphatic heterocycles. The van der Waals surface area contributed by atoms with Crippen molar-refractivity contribution in [3.8, 4) is 0 Å². The maximum Gasteiger partial charge on any atom is 0.123 e. The van der Waals surface area contributed by atoms with Crippen molar-refractivity contribution in [2.75, 3.05) is 6.54 Å². The van der Waals surface area contributed by atoms with E-state index < -0.39 is 6.10 Å². The molecule has 0 heterocycles. The average Bonchev–Trinajstić information content (AvgIpc) is 2.14. The highest BCUT2D eigenvalue weighted by atomic mass is 79.9. The Labute approximate surface area is 100 Å². The van der Waals surface area contributed by atoms with E-state index in [9.17, 15) is 9.50 Å². The van der Waals surface area contributed by atoms with Crippen molar-refractivity contribution in [1.29, 1.82) is 0 Å². The molecule has 0 aliphatic carbocycles. The highest BCUT2D eigenvalue weighted by Crippen LogP contribution is 2.12. The molecule has 0 bridgehead atoms.